The lowest BCUT2D eigenvalue weighted by molar-refractivity contribution is 0.303. The Hall–Kier alpha value is -3.27. The second-order valence-corrected chi connectivity index (χ2v) is 6.67. The molecule has 0 aliphatic rings. The molecule has 0 spiro atoms. The van der Waals surface area contributed by atoms with Crippen molar-refractivity contribution >= 4 is 11.0 Å². The maximum Gasteiger partial charge on any atom is 0.141 e. The van der Waals surface area contributed by atoms with Crippen molar-refractivity contribution in [3.8, 4) is 22.9 Å². The van der Waals surface area contributed by atoms with Crippen molar-refractivity contribution in [2.75, 3.05) is 13.7 Å². The van der Waals surface area contributed by atoms with E-state index in [4.69, 9.17) is 14.5 Å². The van der Waals surface area contributed by atoms with E-state index >= 15 is 0 Å². The Kier molecular flexibility index (Phi) is 5.57. The van der Waals surface area contributed by atoms with Crippen LogP contribution < -0.4 is 9.47 Å². The zero-order chi connectivity index (χ0) is 19.2. The van der Waals surface area contributed by atoms with Crippen molar-refractivity contribution in [1.29, 1.82) is 0 Å². The Morgan fingerprint density at radius 2 is 1.54 bits per heavy atom. The molecule has 1 heterocycles. The number of ether oxygens (including phenoxy) is 2. The lowest BCUT2D eigenvalue weighted by Gasteiger charge is -2.11. The van der Waals surface area contributed by atoms with Crippen molar-refractivity contribution in [1.82, 2.24) is 9.55 Å². The smallest absolute Gasteiger partial charge is 0.141 e. The first-order valence-electron chi connectivity index (χ1n) is 9.63. The van der Waals surface area contributed by atoms with Gasteiger partial charge in [0.15, 0.2) is 0 Å². The van der Waals surface area contributed by atoms with Gasteiger partial charge in [0.1, 0.15) is 17.3 Å². The molecule has 0 amide bonds. The maximum atomic E-state index is 5.81. The number of para-hydroxylation sites is 3. The largest absolute Gasteiger partial charge is 0.497 e. The molecule has 0 N–H and O–H groups in total. The third-order valence-corrected chi connectivity index (χ3v) is 4.79. The zero-order valence-electron chi connectivity index (χ0n) is 16.0. The number of nitrogens with zero attached hydrogens (tertiary/aromatic N) is 2. The van der Waals surface area contributed by atoms with Gasteiger partial charge in [0.25, 0.3) is 0 Å². The summed E-state index contributed by atoms with van der Waals surface area (Å²) in [4.78, 5) is 4.88. The van der Waals surface area contributed by atoms with E-state index in [2.05, 4.69) is 34.9 Å². The van der Waals surface area contributed by atoms with Gasteiger partial charge in [0.05, 0.1) is 24.8 Å². The number of imidazole rings is 1. The standard InChI is InChI=1S/C24H24N2O2/c1-27-20-15-13-19(14-16-20)24-25-22-11-5-6-12-23(22)26(24)17-7-8-18-28-21-9-3-2-4-10-21/h2-6,9-16H,7-8,17-18H2,1H3. The molecular formula is C24H24N2O2. The quantitative estimate of drug-likeness (QED) is 0.379. The number of fused-ring (bicyclic) bond motifs is 1. The molecule has 28 heavy (non-hydrogen) atoms. The number of rotatable bonds is 8. The van der Waals surface area contributed by atoms with Crippen LogP contribution in [0.3, 0.4) is 0 Å². The molecule has 142 valence electrons. The number of aryl methyl sites for hydroxylation is 1. The van der Waals surface area contributed by atoms with Crippen LogP contribution >= 0.6 is 0 Å². The lowest BCUT2D eigenvalue weighted by Crippen LogP contribution is -2.04. The minimum Gasteiger partial charge on any atom is -0.497 e. The van der Waals surface area contributed by atoms with Gasteiger partial charge in [0.2, 0.25) is 0 Å². The van der Waals surface area contributed by atoms with E-state index in [0.29, 0.717) is 6.61 Å². The third-order valence-electron chi connectivity index (χ3n) is 4.79. The Balaban J connectivity index is 1.48. The maximum absolute atomic E-state index is 5.81. The summed E-state index contributed by atoms with van der Waals surface area (Å²) < 4.78 is 13.4. The number of hydrogen-bond acceptors (Lipinski definition) is 3. The number of benzene rings is 3. The highest BCUT2D eigenvalue weighted by molar-refractivity contribution is 5.80. The predicted octanol–water partition coefficient (Wildman–Crippen LogP) is 5.57. The normalized spacial score (nSPS) is 10.9. The van der Waals surface area contributed by atoms with Gasteiger partial charge in [-0.1, -0.05) is 30.3 Å². The van der Waals surface area contributed by atoms with E-state index in [9.17, 15) is 0 Å². The molecule has 4 nitrogen and oxygen atoms in total. The molecule has 0 saturated carbocycles. The Labute approximate surface area is 165 Å². The predicted molar refractivity (Wildman–Crippen MR) is 113 cm³/mol. The molecule has 0 bridgehead atoms. The molecule has 0 atom stereocenters. The van der Waals surface area contributed by atoms with Gasteiger partial charge >= 0.3 is 0 Å². The van der Waals surface area contributed by atoms with Crippen LogP contribution in [-0.2, 0) is 6.54 Å². The fourth-order valence-corrected chi connectivity index (χ4v) is 3.34. The Morgan fingerprint density at radius 1 is 0.786 bits per heavy atom. The van der Waals surface area contributed by atoms with Crippen LogP contribution in [0.4, 0.5) is 0 Å². The van der Waals surface area contributed by atoms with Crippen molar-refractivity contribution in [2.24, 2.45) is 0 Å². The summed E-state index contributed by atoms with van der Waals surface area (Å²) >= 11 is 0. The molecule has 1 aromatic heterocycles. The van der Waals surface area contributed by atoms with Gasteiger partial charge in [0, 0.05) is 12.1 Å². The van der Waals surface area contributed by atoms with Crippen molar-refractivity contribution in [2.45, 2.75) is 19.4 Å². The first-order valence-corrected chi connectivity index (χ1v) is 9.63. The van der Waals surface area contributed by atoms with E-state index in [0.717, 1.165) is 53.3 Å². The van der Waals surface area contributed by atoms with E-state index in [1.807, 2.05) is 48.5 Å². The number of unbranched alkanes of at least 4 members (excludes halogenated alkanes) is 1. The minimum atomic E-state index is 0.717. The van der Waals surface area contributed by atoms with Gasteiger partial charge in [-0.25, -0.2) is 4.98 Å². The molecule has 0 aliphatic carbocycles. The molecule has 0 saturated heterocycles. The summed E-state index contributed by atoms with van der Waals surface area (Å²) in [6.07, 6.45) is 2.01. The minimum absolute atomic E-state index is 0.717. The fourth-order valence-electron chi connectivity index (χ4n) is 3.34. The van der Waals surface area contributed by atoms with Crippen LogP contribution in [0.2, 0.25) is 0 Å². The summed E-state index contributed by atoms with van der Waals surface area (Å²) in [6.45, 7) is 1.62. The summed E-state index contributed by atoms with van der Waals surface area (Å²) in [5.41, 5.74) is 3.28. The molecule has 4 rings (SSSR count). The highest BCUT2D eigenvalue weighted by Crippen LogP contribution is 2.27. The van der Waals surface area contributed by atoms with E-state index in [-0.39, 0.29) is 0 Å². The van der Waals surface area contributed by atoms with Crippen molar-refractivity contribution < 1.29 is 9.47 Å². The Morgan fingerprint density at radius 3 is 2.32 bits per heavy atom. The summed E-state index contributed by atoms with van der Waals surface area (Å²) in [6, 6.07) is 26.4. The van der Waals surface area contributed by atoms with Gasteiger partial charge in [-0.15, -0.1) is 0 Å². The van der Waals surface area contributed by atoms with Gasteiger partial charge in [-0.05, 0) is 61.4 Å². The first kappa shape index (κ1) is 18.1. The third kappa shape index (κ3) is 4.01. The number of hydrogen-bond donors (Lipinski definition) is 0. The van der Waals surface area contributed by atoms with Crippen LogP contribution in [0.25, 0.3) is 22.4 Å². The molecule has 0 radical (unpaired) electrons. The second kappa shape index (κ2) is 8.61. The summed E-state index contributed by atoms with van der Waals surface area (Å²) in [5.74, 6) is 2.77. The fraction of sp³-hybridized carbons (Fsp3) is 0.208. The molecule has 0 unspecified atom stereocenters. The van der Waals surface area contributed by atoms with E-state index < -0.39 is 0 Å². The highest BCUT2D eigenvalue weighted by atomic mass is 16.5. The van der Waals surface area contributed by atoms with Gasteiger partial charge in [-0.2, -0.15) is 0 Å². The number of aromatic nitrogens is 2. The van der Waals surface area contributed by atoms with Crippen molar-refractivity contribution in [3.05, 3.63) is 78.9 Å². The Bertz CT molecular complexity index is 1020. The van der Waals surface area contributed by atoms with E-state index in [1.54, 1.807) is 7.11 Å². The lowest BCUT2D eigenvalue weighted by atomic mass is 10.2. The van der Waals surface area contributed by atoms with Gasteiger partial charge in [-0.3, -0.25) is 0 Å². The molecule has 0 aliphatic heterocycles. The van der Waals surface area contributed by atoms with Crippen LogP contribution in [0.15, 0.2) is 78.9 Å². The van der Waals surface area contributed by atoms with Crippen LogP contribution in [-0.4, -0.2) is 23.3 Å². The van der Waals surface area contributed by atoms with E-state index in [1.165, 1.54) is 0 Å². The average Bonchev–Trinajstić information content (AvgIpc) is 3.13. The number of methoxy groups -OCH3 is 1. The summed E-state index contributed by atoms with van der Waals surface area (Å²) in [5, 5.41) is 0. The highest BCUT2D eigenvalue weighted by Gasteiger charge is 2.12. The zero-order valence-corrected chi connectivity index (χ0v) is 16.0. The molecule has 3 aromatic carbocycles. The SMILES string of the molecule is COc1ccc(-c2nc3ccccc3n2CCCCOc2ccccc2)cc1. The van der Waals surface area contributed by atoms with Crippen LogP contribution in [0, 0.1) is 0 Å². The average molecular weight is 372 g/mol. The topological polar surface area (TPSA) is 36.3 Å². The second-order valence-electron chi connectivity index (χ2n) is 6.67. The monoisotopic (exact) mass is 372 g/mol. The molecule has 4 heteroatoms. The van der Waals surface area contributed by atoms with Crippen molar-refractivity contribution in [3.63, 3.8) is 0 Å². The molecular weight excluding hydrogens is 348 g/mol. The van der Waals surface area contributed by atoms with Gasteiger partial charge < -0.3 is 14.0 Å². The summed E-state index contributed by atoms with van der Waals surface area (Å²) in [7, 11) is 1.68. The molecule has 0 fully saturated rings. The van der Waals surface area contributed by atoms with Crippen LogP contribution in [0.5, 0.6) is 11.5 Å². The van der Waals surface area contributed by atoms with Crippen LogP contribution in [0.1, 0.15) is 12.8 Å². The molecule has 4 aromatic rings. The first-order chi connectivity index (χ1) is 13.8.